The SMILES string of the molecule is Cc1ncsc1-c1ccc(C(C)NC(=O)[C@@H]2C[C@@H](O)CN2C(=O)C(NC(=O)C2(OCCCc3ccc(C4=N[C@@H](C)c5nnc(C)n5-c5sc(C)c(C)c54)cc3)CC2)C(C)(C)C)cc1. The van der Waals surface area contributed by atoms with Crippen LogP contribution in [0.4, 0.5) is 0 Å². The fraction of sp³-hybridized carbons (Fsp3) is 0.479. The fourth-order valence-corrected chi connectivity index (χ4v) is 10.7. The van der Waals surface area contributed by atoms with Crippen LogP contribution in [-0.4, -0.2) is 90.1 Å². The van der Waals surface area contributed by atoms with E-state index >= 15 is 0 Å². The van der Waals surface area contributed by atoms with Gasteiger partial charge in [0, 0.05) is 35.6 Å². The number of thiophene rings is 1. The number of aryl methyl sites for hydroxylation is 4. The molecule has 5 aromatic rings. The van der Waals surface area contributed by atoms with Crippen LogP contribution in [0.15, 0.2) is 59.0 Å². The largest absolute Gasteiger partial charge is 0.391 e. The van der Waals surface area contributed by atoms with Gasteiger partial charge in [-0.05, 0) is 94.9 Å². The number of ether oxygens (including phenoxy) is 1. The predicted octanol–water partition coefficient (Wildman–Crippen LogP) is 7.45. The summed E-state index contributed by atoms with van der Waals surface area (Å²) >= 11 is 3.33. The molecule has 2 unspecified atom stereocenters. The molecule has 332 valence electrons. The molecule has 0 bridgehead atoms. The number of hydrogen-bond acceptors (Lipinski definition) is 11. The maximum atomic E-state index is 14.3. The van der Waals surface area contributed by atoms with Crippen LogP contribution in [0, 0.1) is 33.1 Å². The van der Waals surface area contributed by atoms with Gasteiger partial charge in [-0.3, -0.25) is 23.9 Å². The van der Waals surface area contributed by atoms with E-state index in [2.05, 4.69) is 75.4 Å². The molecule has 3 aromatic heterocycles. The molecule has 1 saturated carbocycles. The van der Waals surface area contributed by atoms with Gasteiger partial charge in [-0.25, -0.2) is 4.98 Å². The smallest absolute Gasteiger partial charge is 0.252 e. The number of aliphatic hydroxyl groups excluding tert-OH is 1. The van der Waals surface area contributed by atoms with E-state index in [-0.39, 0.29) is 36.9 Å². The third-order valence-electron chi connectivity index (χ3n) is 12.7. The van der Waals surface area contributed by atoms with Crippen molar-refractivity contribution in [3.63, 3.8) is 0 Å². The number of fused-ring (bicyclic) bond motifs is 3. The van der Waals surface area contributed by atoms with Crippen LogP contribution < -0.4 is 10.6 Å². The first kappa shape index (κ1) is 44.5. The molecule has 8 rings (SSSR count). The molecule has 2 aromatic carbocycles. The van der Waals surface area contributed by atoms with E-state index in [1.807, 2.05) is 71.3 Å². The van der Waals surface area contributed by atoms with E-state index in [0.29, 0.717) is 25.9 Å². The number of carbonyl (C=O) groups is 3. The molecule has 0 spiro atoms. The lowest BCUT2D eigenvalue weighted by atomic mass is 9.85. The van der Waals surface area contributed by atoms with Crippen LogP contribution in [0.5, 0.6) is 0 Å². The second-order valence-electron chi connectivity index (χ2n) is 18.5. The summed E-state index contributed by atoms with van der Waals surface area (Å²) < 4.78 is 8.44. The molecule has 5 heterocycles. The fourth-order valence-electron chi connectivity index (χ4n) is 8.68. The second-order valence-corrected chi connectivity index (χ2v) is 20.5. The molecule has 3 amide bonds. The lowest BCUT2D eigenvalue weighted by Gasteiger charge is -2.36. The molecule has 2 aliphatic heterocycles. The molecule has 3 N–H and O–H groups in total. The number of hydrogen-bond donors (Lipinski definition) is 3. The second kappa shape index (κ2) is 17.5. The summed E-state index contributed by atoms with van der Waals surface area (Å²) in [6.45, 7) is 18.3. The zero-order chi connectivity index (χ0) is 45.0. The molecule has 0 radical (unpaired) electrons. The lowest BCUT2D eigenvalue weighted by Crippen LogP contribution is -2.59. The summed E-state index contributed by atoms with van der Waals surface area (Å²) in [6.07, 6.45) is 1.86. The Kier molecular flexibility index (Phi) is 12.3. The topological polar surface area (TPSA) is 164 Å². The zero-order valence-corrected chi connectivity index (χ0v) is 39.2. The summed E-state index contributed by atoms with van der Waals surface area (Å²) in [7, 11) is 0. The van der Waals surface area contributed by atoms with Crippen molar-refractivity contribution < 1.29 is 24.2 Å². The number of carbonyl (C=O) groups excluding carboxylic acids is 3. The normalized spacial score (nSPS) is 20.0. The van der Waals surface area contributed by atoms with Crippen LogP contribution >= 0.6 is 22.7 Å². The predicted molar refractivity (Wildman–Crippen MR) is 247 cm³/mol. The molecule has 63 heavy (non-hydrogen) atoms. The molecule has 15 heteroatoms. The van der Waals surface area contributed by atoms with Gasteiger partial charge in [-0.1, -0.05) is 69.3 Å². The molecule has 1 saturated heterocycles. The number of aliphatic hydroxyl groups is 1. The van der Waals surface area contributed by atoms with Crippen LogP contribution in [0.2, 0.25) is 0 Å². The van der Waals surface area contributed by atoms with E-state index in [9.17, 15) is 19.5 Å². The number of aromatic nitrogens is 4. The number of rotatable bonds is 13. The summed E-state index contributed by atoms with van der Waals surface area (Å²) in [6, 6.07) is 14.2. The van der Waals surface area contributed by atoms with Crippen molar-refractivity contribution in [2.24, 2.45) is 10.4 Å². The Morgan fingerprint density at radius 1 is 0.984 bits per heavy atom. The molecule has 13 nitrogen and oxygen atoms in total. The van der Waals surface area contributed by atoms with Gasteiger partial charge in [0.15, 0.2) is 5.82 Å². The van der Waals surface area contributed by atoms with Gasteiger partial charge in [0.25, 0.3) is 5.91 Å². The highest BCUT2D eigenvalue weighted by Gasteiger charge is 2.54. The highest BCUT2D eigenvalue weighted by atomic mass is 32.1. The quantitative estimate of drug-likeness (QED) is 0.103. The van der Waals surface area contributed by atoms with E-state index in [1.54, 1.807) is 22.7 Å². The third-order valence-corrected chi connectivity index (χ3v) is 14.9. The average Bonchev–Trinajstić information content (AvgIpc) is 3.43. The van der Waals surface area contributed by atoms with Crippen LogP contribution in [0.25, 0.3) is 15.4 Å². The van der Waals surface area contributed by atoms with Crippen LogP contribution in [0.1, 0.15) is 122 Å². The lowest BCUT2D eigenvalue weighted by molar-refractivity contribution is -0.147. The first-order chi connectivity index (χ1) is 30.0. The van der Waals surface area contributed by atoms with Crippen LogP contribution in [0.3, 0.4) is 0 Å². The maximum absolute atomic E-state index is 14.3. The van der Waals surface area contributed by atoms with E-state index in [1.165, 1.54) is 15.3 Å². The van der Waals surface area contributed by atoms with Gasteiger partial charge in [-0.2, -0.15) is 0 Å². The standard InChI is InChI=1S/C48H58N8O5S2/c1-26-30(5)63-45-38(26)39(50-29(4)42-54-53-31(6)56(42)45)34-14-12-32(13-15-34)11-10-22-61-48(20-21-48)46(60)52-41(47(7,8)9)44(59)55-24-36(57)23-37(55)43(58)51-27(2)33-16-18-35(19-17-33)40-28(3)49-25-62-40/h12-19,25,27,29,36-37,41,57H,10-11,20-24H2,1-9H3,(H,51,58)(H,52,60)/t27?,29-,36+,37-,41?/m0/s1. The summed E-state index contributed by atoms with van der Waals surface area (Å²) in [5.74, 6) is 0.630. The molecule has 3 aliphatic rings. The summed E-state index contributed by atoms with van der Waals surface area (Å²) in [5.41, 5.74) is 8.60. The Balaban J connectivity index is 0.867. The summed E-state index contributed by atoms with van der Waals surface area (Å²) in [4.78, 5) is 55.3. The number of aliphatic imine (C=N–C) groups is 1. The van der Waals surface area contributed by atoms with E-state index in [4.69, 9.17) is 9.73 Å². The minimum atomic E-state index is -0.997. The van der Waals surface area contributed by atoms with E-state index < -0.39 is 35.1 Å². The van der Waals surface area contributed by atoms with Gasteiger partial charge in [0.1, 0.15) is 34.6 Å². The minimum Gasteiger partial charge on any atom is -0.391 e. The Morgan fingerprint density at radius 3 is 2.33 bits per heavy atom. The number of nitrogens with one attached hydrogen (secondary N) is 2. The van der Waals surface area contributed by atoms with Crippen molar-refractivity contribution in [1.82, 2.24) is 35.3 Å². The van der Waals surface area contributed by atoms with Crippen molar-refractivity contribution in [1.29, 1.82) is 0 Å². The van der Waals surface area contributed by atoms with Crippen molar-refractivity contribution in [3.05, 3.63) is 104 Å². The molecule has 2 fully saturated rings. The molecule has 1 aliphatic carbocycles. The van der Waals surface area contributed by atoms with Gasteiger partial charge in [-0.15, -0.1) is 32.9 Å². The Bertz CT molecular complexity index is 2550. The Hall–Kier alpha value is -5.09. The van der Waals surface area contributed by atoms with Crippen LogP contribution in [-0.2, 0) is 25.5 Å². The van der Waals surface area contributed by atoms with Gasteiger partial charge >= 0.3 is 0 Å². The van der Waals surface area contributed by atoms with Crippen molar-refractivity contribution in [2.45, 2.75) is 130 Å². The highest BCUT2D eigenvalue weighted by Crippen LogP contribution is 2.41. The van der Waals surface area contributed by atoms with Crippen molar-refractivity contribution >= 4 is 46.1 Å². The maximum Gasteiger partial charge on any atom is 0.252 e. The highest BCUT2D eigenvalue weighted by molar-refractivity contribution is 7.15. The third kappa shape index (κ3) is 8.89. The minimum absolute atomic E-state index is 0.00417. The number of nitrogens with zero attached hydrogens (tertiary/aromatic N) is 6. The number of likely N-dealkylation sites (tertiary alicyclic amines) is 1. The number of benzene rings is 2. The van der Waals surface area contributed by atoms with Gasteiger partial charge in [0.2, 0.25) is 11.8 Å². The number of β-amino-alcohol motifs (C(OH)–C–C–N with tert-alkyl or cyclic N) is 1. The first-order valence-electron chi connectivity index (χ1n) is 21.9. The van der Waals surface area contributed by atoms with Crippen molar-refractivity contribution in [2.75, 3.05) is 13.2 Å². The Labute approximate surface area is 377 Å². The van der Waals surface area contributed by atoms with Gasteiger partial charge < -0.3 is 25.4 Å². The molecular formula is C48H58N8O5S2. The molecule has 5 atom stereocenters. The van der Waals surface area contributed by atoms with Crippen molar-refractivity contribution in [3.8, 4) is 15.4 Å². The Morgan fingerprint density at radius 2 is 1.68 bits per heavy atom. The number of thiazole rings is 1. The van der Waals surface area contributed by atoms with E-state index in [0.717, 1.165) is 67.2 Å². The number of amides is 3. The summed E-state index contributed by atoms with van der Waals surface area (Å²) in [5, 5.41) is 26.8. The average molecular weight is 891 g/mol. The van der Waals surface area contributed by atoms with Gasteiger partial charge in [0.05, 0.1) is 33.9 Å². The monoisotopic (exact) mass is 890 g/mol. The molecular weight excluding hydrogens is 833 g/mol. The zero-order valence-electron chi connectivity index (χ0n) is 37.6. The first-order valence-corrected chi connectivity index (χ1v) is 23.6.